The lowest BCUT2D eigenvalue weighted by atomic mass is 9.83. The Morgan fingerprint density at radius 3 is 2.38 bits per heavy atom. The van der Waals surface area contributed by atoms with Crippen molar-refractivity contribution in [2.45, 2.75) is 39.5 Å². The second-order valence-electron chi connectivity index (χ2n) is 7.87. The van der Waals surface area contributed by atoms with Gasteiger partial charge in [0.1, 0.15) is 0 Å². The van der Waals surface area contributed by atoms with Gasteiger partial charge in [0.25, 0.3) is 0 Å². The van der Waals surface area contributed by atoms with Crippen LogP contribution < -0.4 is 4.90 Å². The molecule has 0 atom stereocenters. The first-order chi connectivity index (χ1) is 11.4. The van der Waals surface area contributed by atoms with Crippen LogP contribution in [0, 0.1) is 0 Å². The van der Waals surface area contributed by atoms with E-state index in [2.05, 4.69) is 88.2 Å². The van der Waals surface area contributed by atoms with Crippen molar-refractivity contribution >= 4 is 22.1 Å². The first-order valence-corrected chi connectivity index (χ1v) is 8.85. The first-order valence-electron chi connectivity index (χ1n) is 8.85. The predicted molar refractivity (Wildman–Crippen MR) is 106 cm³/mol. The van der Waals surface area contributed by atoms with Gasteiger partial charge in [0.2, 0.25) is 0 Å². The van der Waals surface area contributed by atoms with E-state index >= 15 is 0 Å². The van der Waals surface area contributed by atoms with Crippen LogP contribution in [0.4, 0.5) is 11.4 Å². The van der Waals surface area contributed by atoms with Crippen LogP contribution in [0.25, 0.3) is 21.9 Å². The Bertz CT molecular complexity index is 944. The van der Waals surface area contributed by atoms with Crippen molar-refractivity contribution < 1.29 is 0 Å². The number of rotatable bonds is 1. The maximum atomic E-state index is 2.37. The van der Waals surface area contributed by atoms with E-state index in [9.17, 15) is 0 Å². The van der Waals surface area contributed by atoms with Gasteiger partial charge in [-0.2, -0.15) is 0 Å². The van der Waals surface area contributed by atoms with E-state index in [1.807, 2.05) is 0 Å². The fraction of sp³-hybridized carbons (Fsp3) is 0.304. The van der Waals surface area contributed by atoms with Crippen LogP contribution in [0.15, 0.2) is 48.5 Å². The zero-order valence-electron chi connectivity index (χ0n) is 15.3. The summed E-state index contributed by atoms with van der Waals surface area (Å²) in [7, 11) is 2.20. The van der Waals surface area contributed by atoms with Crippen LogP contribution >= 0.6 is 0 Å². The third-order valence-corrected chi connectivity index (χ3v) is 5.37. The number of fused-ring (bicyclic) bond motifs is 2. The van der Waals surface area contributed by atoms with Gasteiger partial charge in [0.15, 0.2) is 0 Å². The van der Waals surface area contributed by atoms with Gasteiger partial charge in [-0.05, 0) is 46.0 Å². The van der Waals surface area contributed by atoms with E-state index in [4.69, 9.17) is 0 Å². The zero-order valence-corrected chi connectivity index (χ0v) is 15.3. The van der Waals surface area contributed by atoms with Gasteiger partial charge in [-0.15, -0.1) is 0 Å². The molecule has 3 aromatic carbocycles. The molecule has 0 bridgehead atoms. The van der Waals surface area contributed by atoms with Crippen LogP contribution in [-0.2, 0) is 11.8 Å². The van der Waals surface area contributed by atoms with E-state index in [1.165, 1.54) is 44.4 Å². The van der Waals surface area contributed by atoms with E-state index in [0.29, 0.717) is 0 Å². The molecule has 0 fully saturated rings. The summed E-state index contributed by atoms with van der Waals surface area (Å²) in [4.78, 5) is 2.36. The van der Waals surface area contributed by atoms with Crippen molar-refractivity contribution in [2.24, 2.45) is 0 Å². The number of anilines is 2. The molecule has 1 heteroatoms. The summed E-state index contributed by atoms with van der Waals surface area (Å²) < 4.78 is 0. The first kappa shape index (κ1) is 15.3. The molecule has 0 aliphatic carbocycles. The van der Waals surface area contributed by atoms with Crippen LogP contribution in [0.1, 0.15) is 38.8 Å². The van der Waals surface area contributed by atoms with Crippen LogP contribution in [0.5, 0.6) is 0 Å². The number of benzene rings is 3. The maximum Gasteiger partial charge on any atom is 0.0494 e. The predicted octanol–water partition coefficient (Wildman–Crippen LogP) is 6.45. The number of nitrogens with zero attached hydrogens (tertiary/aromatic N) is 1. The van der Waals surface area contributed by atoms with Crippen LogP contribution in [0.2, 0.25) is 0 Å². The molecule has 1 heterocycles. The van der Waals surface area contributed by atoms with E-state index < -0.39 is 0 Å². The highest BCUT2D eigenvalue weighted by molar-refractivity contribution is 6.12. The highest BCUT2D eigenvalue weighted by Crippen LogP contribution is 2.48. The molecule has 0 saturated carbocycles. The Morgan fingerprint density at radius 1 is 0.875 bits per heavy atom. The molecule has 0 radical (unpaired) electrons. The molecular weight excluding hydrogens is 290 g/mol. The fourth-order valence-corrected chi connectivity index (χ4v) is 3.89. The third-order valence-electron chi connectivity index (χ3n) is 5.37. The van der Waals surface area contributed by atoms with Gasteiger partial charge in [-0.1, -0.05) is 64.1 Å². The topological polar surface area (TPSA) is 3.24 Å². The molecule has 0 spiro atoms. The fourth-order valence-electron chi connectivity index (χ4n) is 3.89. The van der Waals surface area contributed by atoms with Crippen LogP contribution in [-0.4, -0.2) is 7.05 Å². The smallest absolute Gasteiger partial charge is 0.0494 e. The summed E-state index contributed by atoms with van der Waals surface area (Å²) in [6, 6.07) is 18.3. The average Bonchev–Trinajstić information content (AvgIpc) is 2.57. The lowest BCUT2D eigenvalue weighted by molar-refractivity contribution is 0.590. The molecule has 0 unspecified atom stereocenters. The highest BCUT2D eigenvalue weighted by atomic mass is 15.1. The molecule has 1 aliphatic rings. The van der Waals surface area contributed by atoms with Gasteiger partial charge in [0.05, 0.1) is 0 Å². The van der Waals surface area contributed by atoms with Crippen molar-refractivity contribution in [3.8, 4) is 11.1 Å². The van der Waals surface area contributed by atoms with E-state index in [1.54, 1.807) is 0 Å². The minimum atomic E-state index is 0.161. The summed E-state index contributed by atoms with van der Waals surface area (Å²) in [6.45, 7) is 9.07. The largest absolute Gasteiger partial charge is 0.344 e. The van der Waals surface area contributed by atoms with Crippen molar-refractivity contribution in [3.05, 3.63) is 59.7 Å². The molecule has 1 aliphatic heterocycles. The summed E-state index contributed by atoms with van der Waals surface area (Å²) in [5, 5.41) is 2.79. The second kappa shape index (κ2) is 5.11. The summed E-state index contributed by atoms with van der Waals surface area (Å²) in [5.41, 5.74) is 8.31. The van der Waals surface area contributed by atoms with Gasteiger partial charge >= 0.3 is 0 Å². The third kappa shape index (κ3) is 2.07. The minimum absolute atomic E-state index is 0.161. The molecule has 0 N–H and O–H groups in total. The molecule has 0 saturated heterocycles. The molecule has 24 heavy (non-hydrogen) atoms. The monoisotopic (exact) mass is 315 g/mol. The van der Waals surface area contributed by atoms with Gasteiger partial charge in [-0.25, -0.2) is 0 Å². The van der Waals surface area contributed by atoms with Crippen molar-refractivity contribution in [1.29, 1.82) is 0 Å². The van der Waals surface area contributed by atoms with E-state index in [-0.39, 0.29) is 5.41 Å². The quantitative estimate of drug-likeness (QED) is 0.499. The van der Waals surface area contributed by atoms with Crippen molar-refractivity contribution in [1.82, 2.24) is 0 Å². The zero-order chi connectivity index (χ0) is 17.1. The van der Waals surface area contributed by atoms with Gasteiger partial charge in [0, 0.05) is 29.4 Å². The molecule has 122 valence electrons. The Kier molecular flexibility index (Phi) is 3.25. The summed E-state index contributed by atoms with van der Waals surface area (Å²) >= 11 is 0. The maximum absolute atomic E-state index is 2.37. The Balaban J connectivity index is 2.06. The Hall–Kier alpha value is -2.28. The number of hydrogen-bond acceptors (Lipinski definition) is 1. The van der Waals surface area contributed by atoms with Crippen molar-refractivity contribution in [2.75, 3.05) is 11.9 Å². The minimum Gasteiger partial charge on any atom is -0.344 e. The molecule has 0 aromatic heterocycles. The Morgan fingerprint density at radius 2 is 1.67 bits per heavy atom. The van der Waals surface area contributed by atoms with E-state index in [0.717, 1.165) is 6.42 Å². The van der Waals surface area contributed by atoms with Crippen molar-refractivity contribution in [3.63, 3.8) is 0 Å². The molecule has 4 rings (SSSR count). The van der Waals surface area contributed by atoms with Crippen LogP contribution in [0.3, 0.4) is 0 Å². The number of hydrogen-bond donors (Lipinski definition) is 0. The molecule has 1 nitrogen and oxygen atoms in total. The Labute approximate surface area is 144 Å². The lowest BCUT2D eigenvalue weighted by Gasteiger charge is -2.32. The molecular formula is C23H25N. The lowest BCUT2D eigenvalue weighted by Crippen LogP contribution is -2.18. The summed E-state index contributed by atoms with van der Waals surface area (Å²) in [6.07, 6.45) is 1.07. The van der Waals surface area contributed by atoms with Gasteiger partial charge < -0.3 is 4.90 Å². The SMILES string of the molecule is CCc1ccc2c3c(cccc13)-c1ccc(C(C)(C)C)cc1N2C. The summed E-state index contributed by atoms with van der Waals surface area (Å²) in [5.74, 6) is 0. The molecule has 3 aromatic rings. The second-order valence-corrected chi connectivity index (χ2v) is 7.87. The highest BCUT2D eigenvalue weighted by Gasteiger charge is 2.25. The molecule has 0 amide bonds. The number of aryl methyl sites for hydroxylation is 1. The van der Waals surface area contributed by atoms with Gasteiger partial charge in [-0.3, -0.25) is 0 Å². The normalized spacial score (nSPS) is 13.3. The average molecular weight is 315 g/mol. The standard InChI is InChI=1S/C23H25N/c1-6-15-10-13-20-22-17(15)8-7-9-19(22)18-12-11-16(23(2,3)4)14-21(18)24(20)5/h7-14H,6H2,1-5H3.